The lowest BCUT2D eigenvalue weighted by molar-refractivity contribution is -0.165. The molecule has 0 saturated carbocycles. The third-order valence-electron chi connectivity index (χ3n) is 5.56. The van der Waals surface area contributed by atoms with Gasteiger partial charge in [0.1, 0.15) is 5.41 Å². The first-order valence-electron chi connectivity index (χ1n) is 9.64. The largest absolute Gasteiger partial charge is 0.481 e. The zero-order valence-electron chi connectivity index (χ0n) is 16.1. The van der Waals surface area contributed by atoms with Crippen LogP contribution in [0.1, 0.15) is 38.8 Å². The van der Waals surface area contributed by atoms with Crippen molar-refractivity contribution in [3.05, 3.63) is 48.3 Å². The van der Waals surface area contributed by atoms with Gasteiger partial charge in [0.2, 0.25) is 0 Å². The van der Waals surface area contributed by atoms with Crippen molar-refractivity contribution in [2.75, 3.05) is 13.1 Å². The number of piperidine rings is 1. The molecule has 0 radical (unpaired) electrons. The van der Waals surface area contributed by atoms with Crippen molar-refractivity contribution in [2.24, 2.45) is 11.3 Å². The highest BCUT2D eigenvalue weighted by Crippen LogP contribution is 2.37. The highest BCUT2D eigenvalue weighted by Gasteiger charge is 2.48. The summed E-state index contributed by atoms with van der Waals surface area (Å²) < 4.78 is 1.89. The van der Waals surface area contributed by atoms with Gasteiger partial charge in [-0.2, -0.15) is 5.10 Å². The van der Waals surface area contributed by atoms with E-state index in [4.69, 9.17) is 0 Å². The molecule has 0 unspecified atom stereocenters. The van der Waals surface area contributed by atoms with Crippen molar-refractivity contribution in [1.82, 2.24) is 14.7 Å². The molecule has 27 heavy (non-hydrogen) atoms. The molecule has 2 N–H and O–H groups in total. The number of aliphatic hydroxyl groups is 1. The molecule has 1 aliphatic rings. The van der Waals surface area contributed by atoms with Crippen LogP contribution in [-0.2, 0) is 11.3 Å². The molecule has 0 aliphatic carbocycles. The molecule has 2 aromatic rings. The third-order valence-corrected chi connectivity index (χ3v) is 5.56. The molecular weight excluding hydrogens is 342 g/mol. The number of rotatable bonds is 7. The Balaban J connectivity index is 1.79. The van der Waals surface area contributed by atoms with E-state index in [1.54, 1.807) is 6.20 Å². The molecule has 146 valence electrons. The van der Waals surface area contributed by atoms with Gasteiger partial charge in [-0.3, -0.25) is 9.69 Å². The van der Waals surface area contributed by atoms with E-state index in [1.807, 2.05) is 41.1 Å². The van der Waals surface area contributed by atoms with E-state index in [0.717, 1.165) is 17.8 Å². The Hall–Kier alpha value is -2.18. The van der Waals surface area contributed by atoms with Gasteiger partial charge in [-0.1, -0.05) is 32.0 Å². The molecule has 1 fully saturated rings. The van der Waals surface area contributed by atoms with E-state index in [2.05, 4.69) is 23.8 Å². The van der Waals surface area contributed by atoms with Crippen molar-refractivity contribution >= 4 is 5.97 Å². The molecule has 6 nitrogen and oxygen atoms in total. The Kier molecular flexibility index (Phi) is 5.97. The summed E-state index contributed by atoms with van der Waals surface area (Å²) >= 11 is 0. The minimum atomic E-state index is -1.10. The second-order valence-electron chi connectivity index (χ2n) is 7.98. The lowest BCUT2D eigenvalue weighted by atomic mass is 9.73. The summed E-state index contributed by atoms with van der Waals surface area (Å²) in [7, 11) is 0. The van der Waals surface area contributed by atoms with E-state index in [0.29, 0.717) is 38.4 Å². The first kappa shape index (κ1) is 19.6. The molecule has 6 heteroatoms. The van der Waals surface area contributed by atoms with E-state index in [9.17, 15) is 15.0 Å². The number of carbonyl (C=O) groups is 1. The average molecular weight is 371 g/mol. The van der Waals surface area contributed by atoms with Crippen LogP contribution in [0.15, 0.2) is 42.6 Å². The standard InChI is InChI=1S/C21H29N3O3/c1-16(2)8-11-21(20(26)27)15-23(13-10-19(21)25)14-18-9-12-22-24(18)17-6-4-3-5-7-17/h3-7,9,12,16,19,25H,8,10-11,13-15H2,1-2H3,(H,26,27)/t19-,21-/m1/s1. The highest BCUT2D eigenvalue weighted by molar-refractivity contribution is 5.76. The molecule has 0 bridgehead atoms. The Labute approximate surface area is 160 Å². The quantitative estimate of drug-likeness (QED) is 0.782. The van der Waals surface area contributed by atoms with Crippen LogP contribution in [0.2, 0.25) is 0 Å². The van der Waals surface area contributed by atoms with Crippen molar-refractivity contribution in [1.29, 1.82) is 0 Å². The minimum Gasteiger partial charge on any atom is -0.481 e. The molecular formula is C21H29N3O3. The molecule has 2 atom stereocenters. The Bertz CT molecular complexity index is 759. The van der Waals surface area contributed by atoms with Crippen LogP contribution < -0.4 is 0 Å². The molecule has 1 saturated heterocycles. The molecule has 3 rings (SSSR count). The molecule has 0 spiro atoms. The lowest BCUT2D eigenvalue weighted by Crippen LogP contribution is -2.55. The first-order valence-corrected chi connectivity index (χ1v) is 9.64. The maximum Gasteiger partial charge on any atom is 0.313 e. The van der Waals surface area contributed by atoms with E-state index >= 15 is 0 Å². The fourth-order valence-corrected chi connectivity index (χ4v) is 3.89. The van der Waals surface area contributed by atoms with Gasteiger partial charge in [0.25, 0.3) is 0 Å². The molecule has 2 heterocycles. The Morgan fingerprint density at radius 1 is 1.30 bits per heavy atom. The number of carboxylic acids is 1. The van der Waals surface area contributed by atoms with Crippen LogP contribution in [0.3, 0.4) is 0 Å². The predicted octanol–water partition coefficient (Wildman–Crippen LogP) is 2.95. The number of likely N-dealkylation sites (tertiary alicyclic amines) is 1. The number of aliphatic hydroxyl groups excluding tert-OH is 1. The van der Waals surface area contributed by atoms with Crippen LogP contribution in [0.4, 0.5) is 0 Å². The predicted molar refractivity (Wildman–Crippen MR) is 104 cm³/mol. The maximum absolute atomic E-state index is 12.1. The van der Waals surface area contributed by atoms with Crippen molar-refractivity contribution in [3.63, 3.8) is 0 Å². The SMILES string of the molecule is CC(C)CC[C@@]1(C(=O)O)CN(Cc2ccnn2-c2ccccc2)CC[C@H]1O. The summed E-state index contributed by atoms with van der Waals surface area (Å²) in [5.74, 6) is -0.486. The summed E-state index contributed by atoms with van der Waals surface area (Å²) in [6, 6.07) is 11.9. The van der Waals surface area contributed by atoms with Gasteiger partial charge in [0.05, 0.1) is 17.5 Å². The first-order chi connectivity index (χ1) is 12.9. The number of carboxylic acid groups (broad SMARTS) is 1. The number of nitrogens with zero attached hydrogens (tertiary/aromatic N) is 3. The highest BCUT2D eigenvalue weighted by atomic mass is 16.4. The van der Waals surface area contributed by atoms with Gasteiger partial charge < -0.3 is 10.2 Å². The molecule has 1 aromatic heterocycles. The fraction of sp³-hybridized carbons (Fsp3) is 0.524. The number of hydrogen-bond donors (Lipinski definition) is 2. The normalized spacial score (nSPS) is 23.6. The smallest absolute Gasteiger partial charge is 0.313 e. The summed E-state index contributed by atoms with van der Waals surface area (Å²) in [5, 5.41) is 24.9. The van der Waals surface area contributed by atoms with Crippen LogP contribution in [-0.4, -0.2) is 50.1 Å². The topological polar surface area (TPSA) is 78.6 Å². The van der Waals surface area contributed by atoms with Crippen LogP contribution >= 0.6 is 0 Å². The summed E-state index contributed by atoms with van der Waals surface area (Å²) in [5.41, 5.74) is 0.903. The summed E-state index contributed by atoms with van der Waals surface area (Å²) in [4.78, 5) is 14.3. The zero-order valence-corrected chi connectivity index (χ0v) is 16.1. The second kappa shape index (κ2) is 8.23. The second-order valence-corrected chi connectivity index (χ2v) is 7.98. The van der Waals surface area contributed by atoms with Gasteiger partial charge in [-0.25, -0.2) is 4.68 Å². The molecule has 0 amide bonds. The van der Waals surface area contributed by atoms with Gasteiger partial charge in [0.15, 0.2) is 0 Å². The van der Waals surface area contributed by atoms with Crippen molar-refractivity contribution in [3.8, 4) is 5.69 Å². The summed E-state index contributed by atoms with van der Waals surface area (Å²) in [6.45, 7) is 5.81. The zero-order chi connectivity index (χ0) is 19.4. The van der Waals surface area contributed by atoms with Crippen molar-refractivity contribution < 1.29 is 15.0 Å². The average Bonchev–Trinajstić information content (AvgIpc) is 3.10. The van der Waals surface area contributed by atoms with E-state index in [1.165, 1.54) is 0 Å². The van der Waals surface area contributed by atoms with Crippen molar-refractivity contribution in [2.45, 2.75) is 45.8 Å². The van der Waals surface area contributed by atoms with Crippen LogP contribution in [0.25, 0.3) is 5.69 Å². The maximum atomic E-state index is 12.1. The van der Waals surface area contributed by atoms with E-state index in [-0.39, 0.29) is 0 Å². The monoisotopic (exact) mass is 371 g/mol. The Morgan fingerprint density at radius 2 is 2.04 bits per heavy atom. The van der Waals surface area contributed by atoms with Gasteiger partial charge in [-0.15, -0.1) is 0 Å². The number of hydrogen-bond acceptors (Lipinski definition) is 4. The Morgan fingerprint density at radius 3 is 2.70 bits per heavy atom. The van der Waals surface area contributed by atoms with Crippen LogP contribution in [0.5, 0.6) is 0 Å². The number of para-hydroxylation sites is 1. The molecule has 1 aromatic carbocycles. The van der Waals surface area contributed by atoms with E-state index < -0.39 is 17.5 Å². The third kappa shape index (κ3) is 4.22. The number of aliphatic carboxylic acids is 1. The summed E-state index contributed by atoms with van der Waals surface area (Å²) in [6.07, 6.45) is 2.73. The fourth-order valence-electron chi connectivity index (χ4n) is 3.89. The van der Waals surface area contributed by atoms with Gasteiger partial charge in [-0.05, 0) is 43.4 Å². The molecule has 1 aliphatic heterocycles. The van der Waals surface area contributed by atoms with Gasteiger partial charge >= 0.3 is 5.97 Å². The number of aromatic nitrogens is 2. The van der Waals surface area contributed by atoms with Crippen LogP contribution in [0, 0.1) is 11.3 Å². The lowest BCUT2D eigenvalue weighted by Gasteiger charge is -2.43. The minimum absolute atomic E-state index is 0.357. The van der Waals surface area contributed by atoms with Gasteiger partial charge in [0, 0.05) is 25.8 Å². The number of benzene rings is 1.